The van der Waals surface area contributed by atoms with E-state index in [9.17, 15) is 4.79 Å². The second kappa shape index (κ2) is 5.21. The Bertz CT molecular complexity index is 480. The molecular formula is C21H32O. The van der Waals surface area contributed by atoms with Crippen molar-refractivity contribution in [1.29, 1.82) is 0 Å². The zero-order valence-electron chi connectivity index (χ0n) is 14.4. The molecule has 0 heterocycles. The molecule has 1 heteroatoms. The molecule has 0 spiro atoms. The molecule has 1 nitrogen and oxygen atoms in total. The number of carbonyl (C=O) groups is 1. The smallest absolute Gasteiger partial charge is 0.127 e. The van der Waals surface area contributed by atoms with Crippen LogP contribution in [0.4, 0.5) is 0 Å². The maximum absolute atomic E-state index is 12.2. The summed E-state index contributed by atoms with van der Waals surface area (Å²) in [6.45, 7) is 4.98. The number of hydrogen-bond acceptors (Lipinski definition) is 1. The third-order valence-corrected chi connectivity index (χ3v) is 8.70. The molecular weight excluding hydrogens is 268 g/mol. The van der Waals surface area contributed by atoms with E-state index in [1.165, 1.54) is 51.2 Å². The molecule has 0 aromatic rings. The highest BCUT2D eigenvalue weighted by Crippen LogP contribution is 2.66. The van der Waals surface area contributed by atoms with Crippen LogP contribution < -0.4 is 0 Å². The Morgan fingerprint density at radius 2 is 1.95 bits per heavy atom. The van der Waals surface area contributed by atoms with Crippen LogP contribution in [-0.4, -0.2) is 6.29 Å². The Balaban J connectivity index is 1.68. The molecule has 0 N–H and O–H groups in total. The van der Waals surface area contributed by atoms with Gasteiger partial charge < -0.3 is 4.79 Å². The first-order valence-electron chi connectivity index (χ1n) is 9.77. The highest BCUT2D eigenvalue weighted by molar-refractivity contribution is 5.62. The molecule has 3 fully saturated rings. The van der Waals surface area contributed by atoms with Crippen molar-refractivity contribution >= 4 is 6.29 Å². The molecule has 1 unspecified atom stereocenters. The van der Waals surface area contributed by atoms with Gasteiger partial charge in [-0.15, -0.1) is 0 Å². The van der Waals surface area contributed by atoms with E-state index in [4.69, 9.17) is 0 Å². The van der Waals surface area contributed by atoms with Crippen molar-refractivity contribution in [1.82, 2.24) is 0 Å². The van der Waals surface area contributed by atoms with Crippen LogP contribution in [0.25, 0.3) is 0 Å². The minimum absolute atomic E-state index is 0.00327. The van der Waals surface area contributed by atoms with Crippen LogP contribution in [0.3, 0.4) is 0 Å². The van der Waals surface area contributed by atoms with E-state index >= 15 is 0 Å². The molecule has 0 radical (unpaired) electrons. The molecule has 4 aliphatic carbocycles. The molecule has 0 aromatic carbocycles. The summed E-state index contributed by atoms with van der Waals surface area (Å²) in [5, 5.41) is 0. The van der Waals surface area contributed by atoms with Crippen molar-refractivity contribution in [3.63, 3.8) is 0 Å². The molecule has 0 aromatic heterocycles. The predicted molar refractivity (Wildman–Crippen MR) is 90.4 cm³/mol. The fourth-order valence-electron chi connectivity index (χ4n) is 7.54. The third kappa shape index (κ3) is 1.80. The lowest BCUT2D eigenvalue weighted by Crippen LogP contribution is -2.54. The number of carbonyl (C=O) groups excluding carboxylic acids is 1. The highest BCUT2D eigenvalue weighted by Gasteiger charge is 2.60. The van der Waals surface area contributed by atoms with Gasteiger partial charge in [0.25, 0.3) is 0 Å². The average Bonchev–Trinajstić information content (AvgIpc) is 2.90. The number of hydrogen-bond donors (Lipinski definition) is 0. The van der Waals surface area contributed by atoms with E-state index in [0.717, 1.165) is 30.6 Å². The first-order chi connectivity index (χ1) is 10.7. The van der Waals surface area contributed by atoms with E-state index in [1.54, 1.807) is 0 Å². The Morgan fingerprint density at radius 3 is 2.73 bits per heavy atom. The monoisotopic (exact) mass is 300 g/mol. The largest absolute Gasteiger partial charge is 0.303 e. The van der Waals surface area contributed by atoms with Gasteiger partial charge in [0.05, 0.1) is 0 Å². The van der Waals surface area contributed by atoms with Crippen molar-refractivity contribution in [3.8, 4) is 0 Å². The third-order valence-electron chi connectivity index (χ3n) is 8.70. The van der Waals surface area contributed by atoms with Crippen molar-refractivity contribution in [2.24, 2.45) is 40.4 Å². The van der Waals surface area contributed by atoms with Crippen LogP contribution in [0.15, 0.2) is 12.2 Å². The minimum Gasteiger partial charge on any atom is -0.303 e. The predicted octanol–water partition coefficient (Wildman–Crippen LogP) is 5.40. The lowest BCUT2D eigenvalue weighted by molar-refractivity contribution is -0.141. The number of fused-ring (bicyclic) bond motifs is 5. The van der Waals surface area contributed by atoms with Crippen LogP contribution in [0.5, 0.6) is 0 Å². The van der Waals surface area contributed by atoms with Crippen LogP contribution in [0.1, 0.15) is 71.6 Å². The summed E-state index contributed by atoms with van der Waals surface area (Å²) in [4.78, 5) is 12.2. The maximum Gasteiger partial charge on any atom is 0.127 e. The Labute approximate surface area is 135 Å². The molecule has 122 valence electrons. The quantitative estimate of drug-likeness (QED) is 0.493. The van der Waals surface area contributed by atoms with Gasteiger partial charge in [0.1, 0.15) is 6.29 Å². The summed E-state index contributed by atoms with van der Waals surface area (Å²) >= 11 is 0. The fraction of sp³-hybridized carbons (Fsp3) is 0.857. The Kier molecular flexibility index (Phi) is 3.55. The van der Waals surface area contributed by atoms with Gasteiger partial charge in [-0.05, 0) is 86.4 Å². The summed E-state index contributed by atoms with van der Waals surface area (Å²) in [5.74, 6) is 4.00. The second-order valence-corrected chi connectivity index (χ2v) is 9.02. The van der Waals surface area contributed by atoms with Crippen LogP contribution >= 0.6 is 0 Å². The maximum atomic E-state index is 12.2. The zero-order valence-corrected chi connectivity index (χ0v) is 14.4. The molecule has 22 heavy (non-hydrogen) atoms. The van der Waals surface area contributed by atoms with Gasteiger partial charge in [0, 0.05) is 5.41 Å². The van der Waals surface area contributed by atoms with Crippen molar-refractivity contribution in [2.45, 2.75) is 71.6 Å². The van der Waals surface area contributed by atoms with Crippen molar-refractivity contribution in [2.75, 3.05) is 0 Å². The molecule has 0 saturated heterocycles. The fourth-order valence-corrected chi connectivity index (χ4v) is 7.54. The van der Waals surface area contributed by atoms with Crippen LogP contribution in [-0.2, 0) is 4.79 Å². The molecule has 0 bridgehead atoms. The van der Waals surface area contributed by atoms with Gasteiger partial charge in [-0.1, -0.05) is 32.4 Å². The van der Waals surface area contributed by atoms with Gasteiger partial charge in [0.2, 0.25) is 0 Å². The summed E-state index contributed by atoms with van der Waals surface area (Å²) in [6.07, 6.45) is 17.9. The molecule has 4 rings (SSSR count). The Morgan fingerprint density at radius 1 is 1.09 bits per heavy atom. The molecule has 0 aliphatic heterocycles. The van der Waals surface area contributed by atoms with E-state index in [0.29, 0.717) is 17.3 Å². The van der Waals surface area contributed by atoms with Gasteiger partial charge in [-0.2, -0.15) is 0 Å². The van der Waals surface area contributed by atoms with Gasteiger partial charge in [0.15, 0.2) is 0 Å². The summed E-state index contributed by atoms with van der Waals surface area (Å²) in [5.41, 5.74) is 0.584. The van der Waals surface area contributed by atoms with Gasteiger partial charge in [-0.3, -0.25) is 0 Å². The SMILES string of the molecule is CC[C@H]1CC[C@H]2[C@@H]3CCC4CC=CC[C@@]4(C=O)[C@H]3CC[C@]12C. The second-order valence-electron chi connectivity index (χ2n) is 9.02. The van der Waals surface area contributed by atoms with Crippen molar-refractivity contribution < 1.29 is 4.79 Å². The summed E-state index contributed by atoms with van der Waals surface area (Å²) in [7, 11) is 0. The van der Waals surface area contributed by atoms with E-state index in [2.05, 4.69) is 26.0 Å². The van der Waals surface area contributed by atoms with E-state index in [1.807, 2.05) is 0 Å². The molecule has 7 atom stereocenters. The zero-order chi connectivity index (χ0) is 15.4. The minimum atomic E-state index is 0.00327. The van der Waals surface area contributed by atoms with Crippen molar-refractivity contribution in [3.05, 3.63) is 12.2 Å². The summed E-state index contributed by atoms with van der Waals surface area (Å²) < 4.78 is 0. The van der Waals surface area contributed by atoms with Gasteiger partial charge in [-0.25, -0.2) is 0 Å². The van der Waals surface area contributed by atoms with Crippen LogP contribution in [0.2, 0.25) is 0 Å². The topological polar surface area (TPSA) is 17.1 Å². The Hall–Kier alpha value is -0.590. The number of aldehydes is 1. The number of rotatable bonds is 2. The average molecular weight is 300 g/mol. The molecule has 4 aliphatic rings. The first kappa shape index (κ1) is 15.0. The standard InChI is InChI=1S/C21H32O/c1-3-15-8-10-18-17-9-7-16-6-4-5-12-21(16,14-22)19(17)11-13-20(15,18)2/h4-5,14-19H,3,6-13H2,1-2H3/t15-,16?,17-,18-,19-,20+,21-/m0/s1. The normalized spacial score (nSPS) is 53.5. The lowest BCUT2D eigenvalue weighted by atomic mass is 9.45. The van der Waals surface area contributed by atoms with Gasteiger partial charge >= 0.3 is 0 Å². The number of allylic oxidation sites excluding steroid dienone is 2. The summed E-state index contributed by atoms with van der Waals surface area (Å²) in [6, 6.07) is 0. The van der Waals surface area contributed by atoms with Crippen LogP contribution in [0, 0.1) is 40.4 Å². The molecule has 0 amide bonds. The van der Waals surface area contributed by atoms with E-state index in [-0.39, 0.29) is 5.41 Å². The van der Waals surface area contributed by atoms with E-state index < -0.39 is 0 Å². The first-order valence-corrected chi connectivity index (χ1v) is 9.77. The molecule has 3 saturated carbocycles. The highest BCUT2D eigenvalue weighted by atomic mass is 16.1. The lowest BCUT2D eigenvalue weighted by Gasteiger charge is -2.59.